The first-order valence-corrected chi connectivity index (χ1v) is 11.6. The summed E-state index contributed by atoms with van der Waals surface area (Å²) in [7, 11) is 3.45. The van der Waals surface area contributed by atoms with Gasteiger partial charge in [0.05, 0.1) is 18.2 Å². The van der Waals surface area contributed by atoms with Crippen LogP contribution in [0.5, 0.6) is 5.75 Å². The van der Waals surface area contributed by atoms with Crippen LogP contribution >= 0.6 is 11.3 Å². The summed E-state index contributed by atoms with van der Waals surface area (Å²) in [6.45, 7) is 8.08. The molecule has 9 heteroatoms. The second kappa shape index (κ2) is 10.9. The molecule has 0 fully saturated rings. The van der Waals surface area contributed by atoms with Gasteiger partial charge in [0.25, 0.3) is 5.91 Å². The Balaban J connectivity index is 1.94. The molecular weight excluding hydrogens is 428 g/mol. The second-order valence-electron chi connectivity index (χ2n) is 8.34. The molecule has 3 atom stereocenters. The van der Waals surface area contributed by atoms with Crippen LogP contribution in [0.25, 0.3) is 0 Å². The standard InChI is InChI=1S/C23H32N4O4S/c1-15-11-27(13-22-24-8-9-32-22)16(2)14-31-20-7-6-18(25-17(3)28)10-19(20)23(29)26(4)12-21(15)30-5/h6-10,15-16,21H,11-14H2,1-5H3,(H,25,28)/t15-,16+,21-/m1/s1. The first-order chi connectivity index (χ1) is 15.3. The van der Waals surface area contributed by atoms with Crippen molar-refractivity contribution in [3.63, 3.8) is 0 Å². The smallest absolute Gasteiger partial charge is 0.257 e. The van der Waals surface area contributed by atoms with Crippen LogP contribution in [-0.4, -0.2) is 72.6 Å². The third-order valence-electron chi connectivity index (χ3n) is 5.72. The van der Waals surface area contributed by atoms with Gasteiger partial charge in [0, 0.05) is 57.5 Å². The van der Waals surface area contributed by atoms with Gasteiger partial charge in [-0.3, -0.25) is 14.5 Å². The minimum absolute atomic E-state index is 0.0917. The second-order valence-corrected chi connectivity index (χ2v) is 9.32. The molecule has 2 aromatic rings. The van der Waals surface area contributed by atoms with Crippen LogP contribution in [0.1, 0.15) is 36.1 Å². The normalized spacial score (nSPS) is 23.0. The highest BCUT2D eigenvalue weighted by Crippen LogP contribution is 2.27. The van der Waals surface area contributed by atoms with Crippen molar-refractivity contribution in [2.75, 3.05) is 39.2 Å². The molecule has 0 aliphatic carbocycles. The van der Waals surface area contributed by atoms with E-state index >= 15 is 0 Å². The molecule has 2 heterocycles. The number of rotatable bonds is 4. The Morgan fingerprint density at radius 3 is 2.78 bits per heavy atom. The molecule has 32 heavy (non-hydrogen) atoms. The fourth-order valence-corrected chi connectivity index (χ4v) is 4.50. The lowest BCUT2D eigenvalue weighted by molar-refractivity contribution is -0.114. The molecule has 1 aliphatic heterocycles. The molecular formula is C23H32N4O4S. The number of hydrogen-bond acceptors (Lipinski definition) is 7. The number of thiazole rings is 1. The molecule has 1 aromatic carbocycles. The summed E-state index contributed by atoms with van der Waals surface area (Å²) in [4.78, 5) is 33.2. The molecule has 0 bridgehead atoms. The maximum atomic E-state index is 13.3. The van der Waals surface area contributed by atoms with Gasteiger partial charge in [-0.15, -0.1) is 11.3 Å². The lowest BCUT2D eigenvalue weighted by Crippen LogP contribution is -2.46. The van der Waals surface area contributed by atoms with Gasteiger partial charge < -0.3 is 19.7 Å². The first kappa shape index (κ1) is 24.2. The van der Waals surface area contributed by atoms with Gasteiger partial charge in [-0.2, -0.15) is 0 Å². The Morgan fingerprint density at radius 1 is 1.34 bits per heavy atom. The van der Waals surface area contributed by atoms with Crippen LogP contribution < -0.4 is 10.1 Å². The predicted molar refractivity (Wildman–Crippen MR) is 125 cm³/mol. The zero-order valence-electron chi connectivity index (χ0n) is 19.3. The third kappa shape index (κ3) is 6.05. The lowest BCUT2D eigenvalue weighted by Gasteiger charge is -2.35. The van der Waals surface area contributed by atoms with Crippen molar-refractivity contribution < 1.29 is 19.1 Å². The van der Waals surface area contributed by atoms with Crippen molar-refractivity contribution in [1.82, 2.24) is 14.8 Å². The number of nitrogens with one attached hydrogen (secondary N) is 1. The number of fused-ring (bicyclic) bond motifs is 1. The van der Waals surface area contributed by atoms with Crippen LogP contribution in [0.3, 0.4) is 0 Å². The van der Waals surface area contributed by atoms with Crippen molar-refractivity contribution >= 4 is 28.8 Å². The summed E-state index contributed by atoms with van der Waals surface area (Å²) in [5.41, 5.74) is 0.976. The summed E-state index contributed by atoms with van der Waals surface area (Å²) in [5.74, 6) is 0.315. The van der Waals surface area contributed by atoms with Crippen molar-refractivity contribution in [1.29, 1.82) is 0 Å². The van der Waals surface area contributed by atoms with Crippen molar-refractivity contribution in [3.05, 3.63) is 40.3 Å². The average Bonchev–Trinajstić information content (AvgIpc) is 3.27. The Labute approximate surface area is 193 Å². The third-order valence-corrected chi connectivity index (χ3v) is 6.48. The van der Waals surface area contributed by atoms with Crippen LogP contribution in [-0.2, 0) is 16.1 Å². The highest BCUT2D eigenvalue weighted by molar-refractivity contribution is 7.09. The molecule has 1 aliphatic rings. The van der Waals surface area contributed by atoms with Gasteiger partial charge in [0.15, 0.2) is 0 Å². The largest absolute Gasteiger partial charge is 0.491 e. The van der Waals surface area contributed by atoms with Crippen molar-refractivity contribution in [2.45, 2.75) is 39.5 Å². The highest BCUT2D eigenvalue weighted by Gasteiger charge is 2.28. The maximum absolute atomic E-state index is 13.3. The van der Waals surface area contributed by atoms with Gasteiger partial charge >= 0.3 is 0 Å². The van der Waals surface area contributed by atoms with E-state index in [2.05, 4.69) is 29.0 Å². The number of ether oxygens (including phenoxy) is 2. The van der Waals surface area contributed by atoms with Crippen LogP contribution in [0, 0.1) is 5.92 Å². The summed E-state index contributed by atoms with van der Waals surface area (Å²) in [6, 6.07) is 5.25. The quantitative estimate of drug-likeness (QED) is 0.755. The molecule has 1 N–H and O–H groups in total. The Morgan fingerprint density at radius 2 is 2.12 bits per heavy atom. The summed E-state index contributed by atoms with van der Waals surface area (Å²) in [5, 5.41) is 5.78. The number of carbonyl (C=O) groups excluding carboxylic acids is 2. The minimum atomic E-state index is -0.195. The van der Waals surface area contributed by atoms with E-state index in [4.69, 9.17) is 9.47 Å². The number of benzene rings is 1. The first-order valence-electron chi connectivity index (χ1n) is 10.7. The SMILES string of the molecule is CO[C@@H]1CN(C)C(=O)c2cc(NC(C)=O)ccc2OC[C@H](C)N(Cc2nccs2)C[C@H]1C. The average molecular weight is 461 g/mol. The van der Waals surface area contributed by atoms with Crippen LogP contribution in [0.4, 0.5) is 5.69 Å². The Kier molecular flexibility index (Phi) is 8.22. The Bertz CT molecular complexity index is 921. The van der Waals surface area contributed by atoms with Crippen molar-refractivity contribution in [2.24, 2.45) is 5.92 Å². The fraction of sp³-hybridized carbons (Fsp3) is 0.522. The molecule has 0 saturated heterocycles. The highest BCUT2D eigenvalue weighted by atomic mass is 32.1. The van der Waals surface area contributed by atoms with E-state index < -0.39 is 0 Å². The summed E-state index contributed by atoms with van der Waals surface area (Å²) in [6.07, 6.45) is 1.69. The van der Waals surface area contributed by atoms with E-state index in [-0.39, 0.29) is 29.9 Å². The zero-order chi connectivity index (χ0) is 23.3. The number of nitrogens with zero attached hydrogens (tertiary/aromatic N) is 3. The van der Waals surface area contributed by atoms with E-state index in [0.29, 0.717) is 30.2 Å². The zero-order valence-corrected chi connectivity index (χ0v) is 20.1. The van der Waals surface area contributed by atoms with Gasteiger partial charge in [0.2, 0.25) is 5.91 Å². The molecule has 0 spiro atoms. The fourth-order valence-electron chi connectivity index (χ4n) is 3.86. The molecule has 3 rings (SSSR count). The van der Waals surface area contributed by atoms with E-state index in [0.717, 1.165) is 18.1 Å². The number of methoxy groups -OCH3 is 1. The number of aromatic nitrogens is 1. The Hall–Kier alpha value is -2.49. The molecule has 1 aromatic heterocycles. The monoisotopic (exact) mass is 460 g/mol. The van der Waals surface area contributed by atoms with E-state index in [9.17, 15) is 9.59 Å². The van der Waals surface area contributed by atoms with Gasteiger partial charge in [-0.1, -0.05) is 6.92 Å². The molecule has 0 saturated carbocycles. The predicted octanol–water partition coefficient (Wildman–Crippen LogP) is 3.11. The summed E-state index contributed by atoms with van der Waals surface area (Å²) < 4.78 is 11.9. The lowest BCUT2D eigenvalue weighted by atomic mass is 10.0. The van der Waals surface area contributed by atoms with Crippen LogP contribution in [0.15, 0.2) is 29.8 Å². The maximum Gasteiger partial charge on any atom is 0.257 e. The molecule has 8 nitrogen and oxygen atoms in total. The van der Waals surface area contributed by atoms with E-state index in [1.807, 2.05) is 11.6 Å². The number of anilines is 1. The minimum Gasteiger partial charge on any atom is -0.491 e. The van der Waals surface area contributed by atoms with Gasteiger partial charge in [-0.25, -0.2) is 4.98 Å². The topological polar surface area (TPSA) is 84.0 Å². The molecule has 2 amide bonds. The number of carbonyl (C=O) groups is 2. The number of hydrogen-bond donors (Lipinski definition) is 1. The molecule has 0 radical (unpaired) electrons. The van der Waals surface area contributed by atoms with Gasteiger partial charge in [-0.05, 0) is 31.0 Å². The van der Waals surface area contributed by atoms with Crippen molar-refractivity contribution in [3.8, 4) is 5.75 Å². The van der Waals surface area contributed by atoms with E-state index in [1.54, 1.807) is 48.6 Å². The number of amides is 2. The van der Waals surface area contributed by atoms with E-state index in [1.165, 1.54) is 6.92 Å². The van der Waals surface area contributed by atoms with Crippen LogP contribution in [0.2, 0.25) is 0 Å². The molecule has 174 valence electrons. The molecule has 0 unspecified atom stereocenters. The number of likely N-dealkylation sites (N-methyl/N-ethyl adjacent to an activating group) is 1. The summed E-state index contributed by atoms with van der Waals surface area (Å²) >= 11 is 1.64. The van der Waals surface area contributed by atoms with Gasteiger partial charge in [0.1, 0.15) is 17.4 Å².